The van der Waals surface area contributed by atoms with Crippen LogP contribution in [0.15, 0.2) is 18.2 Å². The number of amides is 8. The molecule has 69 heavy (non-hydrogen) atoms. The molecule has 0 unspecified atom stereocenters. The SMILES string of the molecule is C[C@@H](O)[C@@H]1NC(=O)[C@@H](N)C[C@@H](O)CNC(=O)[C@@H]2[C@@H](O)[C@@H](C)CN2C(=O)[C@H]([C@H](O)CC(N)=O)NC(=O)[C@H]([C@H](O)Cc2ccc(O)c(OCCCNC(=O)OC(C)(C)C)c2)NC(=O)[C@@H]2C[C@@H](O)CN2C1=O. The highest BCUT2D eigenvalue weighted by Gasteiger charge is 2.49. The molecule has 1 aromatic carbocycles. The Morgan fingerprint density at radius 1 is 0.855 bits per heavy atom. The number of phenols is 1. The van der Waals surface area contributed by atoms with E-state index < -0.39 is 171 Å². The van der Waals surface area contributed by atoms with Gasteiger partial charge in [0.05, 0.1) is 55.7 Å². The molecule has 3 heterocycles. The topological polar surface area (TPSA) is 415 Å². The average molecular weight is 982 g/mol. The normalized spacial score (nSPS) is 29.2. The number of aliphatic hydroxyl groups excluding tert-OH is 6. The highest BCUT2D eigenvalue weighted by Crippen LogP contribution is 2.29. The third kappa shape index (κ3) is 15.3. The molecule has 0 aliphatic carbocycles. The van der Waals surface area contributed by atoms with Crippen LogP contribution in [0.1, 0.15) is 65.9 Å². The maximum atomic E-state index is 14.5. The van der Waals surface area contributed by atoms with E-state index in [0.717, 1.165) is 16.7 Å². The minimum Gasteiger partial charge on any atom is -0.504 e. The van der Waals surface area contributed by atoms with Gasteiger partial charge in [-0.15, -0.1) is 0 Å². The van der Waals surface area contributed by atoms with Crippen LogP contribution < -0.4 is 42.8 Å². The number of ether oxygens (including phenoxy) is 2. The van der Waals surface area contributed by atoms with E-state index in [2.05, 4.69) is 26.6 Å². The summed E-state index contributed by atoms with van der Waals surface area (Å²) in [6.07, 6.45) is -12.9. The zero-order chi connectivity index (χ0) is 51.7. The average Bonchev–Trinajstić information content (AvgIpc) is 3.79. The van der Waals surface area contributed by atoms with Crippen LogP contribution >= 0.6 is 0 Å². The van der Waals surface area contributed by atoms with Crippen molar-refractivity contribution in [3.63, 3.8) is 0 Å². The molecule has 26 heteroatoms. The lowest BCUT2D eigenvalue weighted by molar-refractivity contribution is -0.147. The smallest absolute Gasteiger partial charge is 0.407 e. The van der Waals surface area contributed by atoms with Gasteiger partial charge in [0, 0.05) is 44.9 Å². The third-order valence-corrected chi connectivity index (χ3v) is 11.6. The first-order valence-corrected chi connectivity index (χ1v) is 22.5. The van der Waals surface area contributed by atoms with E-state index >= 15 is 0 Å². The molecule has 0 saturated carbocycles. The number of carbonyl (C=O) groups is 8. The van der Waals surface area contributed by atoms with E-state index in [9.17, 15) is 74.1 Å². The van der Waals surface area contributed by atoms with E-state index in [1.54, 1.807) is 20.8 Å². The maximum absolute atomic E-state index is 14.5. The van der Waals surface area contributed by atoms with Crippen molar-refractivity contribution in [2.24, 2.45) is 17.4 Å². The van der Waals surface area contributed by atoms with Crippen LogP contribution in [0.4, 0.5) is 4.79 Å². The van der Waals surface area contributed by atoms with Crippen molar-refractivity contribution in [3.8, 4) is 11.5 Å². The van der Waals surface area contributed by atoms with Crippen LogP contribution in [0.2, 0.25) is 0 Å². The molecule has 0 spiro atoms. The highest BCUT2D eigenvalue weighted by molar-refractivity contribution is 5.98. The zero-order valence-electron chi connectivity index (χ0n) is 39.1. The van der Waals surface area contributed by atoms with E-state index in [1.807, 2.05) is 0 Å². The molecule has 3 aliphatic heterocycles. The second-order valence-corrected chi connectivity index (χ2v) is 18.7. The van der Waals surface area contributed by atoms with Gasteiger partial charge in [0.1, 0.15) is 35.8 Å². The van der Waals surface area contributed by atoms with Crippen LogP contribution in [-0.4, -0.2) is 204 Å². The van der Waals surface area contributed by atoms with Crippen LogP contribution in [0.25, 0.3) is 0 Å². The van der Waals surface area contributed by atoms with E-state index in [-0.39, 0.29) is 43.2 Å². The molecule has 386 valence electrons. The number of hydrogen-bond donors (Lipinski definition) is 14. The molecule has 13 atom stereocenters. The standard InChI is InChI=1S/C43H67N9O17/c1-19-17-52-34(35(19)60)39(64)47-16-22(54)13-24(44)36(61)48-31(20(2)53)40(65)51-18-23(55)14-25(51)37(62)49-32(38(63)50-33(41(52)66)28(58)15-30(45)59)27(57)11-21-7-8-26(56)29(12-21)68-10-6-9-46-42(67)69-43(3,4)5/h7-8,12,19-20,22-25,27-28,31-35,53-58,60H,6,9-11,13-18,44H2,1-5H3,(H2,45,59)(H,46,67)(H,47,64)(H,48,61)(H,49,62)(H,50,63)/t19-,20+,22+,23+,24-,25-,27+,28+,31-,32-,33-,34-,35-/m0/s1. The molecular formula is C43H67N9O17. The summed E-state index contributed by atoms with van der Waals surface area (Å²) in [5.74, 6) is -9.22. The third-order valence-electron chi connectivity index (χ3n) is 11.6. The second-order valence-electron chi connectivity index (χ2n) is 18.7. The van der Waals surface area contributed by atoms with Gasteiger partial charge in [-0.3, -0.25) is 33.6 Å². The molecule has 0 bridgehead atoms. The summed E-state index contributed by atoms with van der Waals surface area (Å²) in [6, 6.07) is -7.04. The molecular weight excluding hydrogens is 915 g/mol. The Morgan fingerprint density at radius 2 is 1.49 bits per heavy atom. The molecule has 3 aliphatic rings. The first-order chi connectivity index (χ1) is 32.2. The Balaban J connectivity index is 1.73. The van der Waals surface area contributed by atoms with Crippen molar-refractivity contribution >= 4 is 47.4 Å². The number of nitrogens with two attached hydrogens (primary N) is 2. The Kier molecular flexibility index (Phi) is 19.4. The monoisotopic (exact) mass is 981 g/mol. The number of nitrogens with zero attached hydrogens (tertiary/aromatic N) is 2. The molecule has 0 aromatic heterocycles. The van der Waals surface area contributed by atoms with Gasteiger partial charge in [-0.1, -0.05) is 13.0 Å². The minimum absolute atomic E-state index is 0.0222. The zero-order valence-corrected chi connectivity index (χ0v) is 39.1. The first-order valence-electron chi connectivity index (χ1n) is 22.5. The van der Waals surface area contributed by atoms with Crippen molar-refractivity contribution in [1.82, 2.24) is 36.4 Å². The number of carbonyl (C=O) groups excluding carboxylic acids is 8. The number of β-amino-alcohol motifs (C(OH)–C–C–N with tert-alkyl or cyclic N) is 1. The second kappa shape index (κ2) is 24.1. The van der Waals surface area contributed by atoms with Crippen molar-refractivity contribution < 1.29 is 83.6 Å². The van der Waals surface area contributed by atoms with Gasteiger partial charge < -0.3 is 93.1 Å². The maximum Gasteiger partial charge on any atom is 0.407 e. The van der Waals surface area contributed by atoms with Crippen molar-refractivity contribution in [1.29, 1.82) is 0 Å². The van der Waals surface area contributed by atoms with Crippen molar-refractivity contribution in [2.45, 2.75) is 145 Å². The molecule has 3 fully saturated rings. The molecule has 3 saturated heterocycles. The lowest BCUT2D eigenvalue weighted by Gasteiger charge is -2.33. The summed E-state index contributed by atoms with van der Waals surface area (Å²) in [5, 5.41) is 88.7. The number of primary amides is 1. The fraction of sp³-hybridized carbons (Fsp3) is 0.674. The first kappa shape index (κ1) is 55.7. The summed E-state index contributed by atoms with van der Waals surface area (Å²) in [4.78, 5) is 110. The van der Waals surface area contributed by atoms with Gasteiger partial charge >= 0.3 is 6.09 Å². The largest absolute Gasteiger partial charge is 0.504 e. The van der Waals surface area contributed by atoms with Gasteiger partial charge in [-0.2, -0.15) is 0 Å². The van der Waals surface area contributed by atoms with Crippen molar-refractivity contribution in [2.75, 3.05) is 32.8 Å². The van der Waals surface area contributed by atoms with E-state index in [0.29, 0.717) is 0 Å². The number of benzene rings is 1. The van der Waals surface area contributed by atoms with Gasteiger partial charge in [0.2, 0.25) is 41.4 Å². The minimum atomic E-state index is -2.14. The van der Waals surface area contributed by atoms with Gasteiger partial charge in [-0.25, -0.2) is 4.79 Å². The van der Waals surface area contributed by atoms with Crippen LogP contribution in [0.3, 0.4) is 0 Å². The summed E-state index contributed by atoms with van der Waals surface area (Å²) < 4.78 is 10.9. The van der Waals surface area contributed by atoms with Gasteiger partial charge in [-0.05, 0) is 58.2 Å². The van der Waals surface area contributed by atoms with Crippen LogP contribution in [0, 0.1) is 5.92 Å². The van der Waals surface area contributed by atoms with Gasteiger partial charge in [0.15, 0.2) is 11.5 Å². The Morgan fingerprint density at radius 3 is 2.13 bits per heavy atom. The molecule has 1 aromatic rings. The number of phenolic OH excluding ortho intramolecular Hbond substituents is 1. The highest BCUT2D eigenvalue weighted by atomic mass is 16.6. The molecule has 16 N–H and O–H groups in total. The summed E-state index contributed by atoms with van der Waals surface area (Å²) in [5.41, 5.74) is 10.9. The number of aliphatic hydroxyl groups is 6. The Hall–Kier alpha value is -5.90. The number of nitrogens with one attached hydrogen (secondary N) is 5. The number of alkyl carbamates (subject to hydrolysis) is 1. The number of aromatic hydroxyl groups is 1. The van der Waals surface area contributed by atoms with E-state index in [4.69, 9.17) is 20.9 Å². The fourth-order valence-electron chi connectivity index (χ4n) is 8.06. The molecule has 26 nitrogen and oxygen atoms in total. The van der Waals surface area contributed by atoms with Gasteiger partial charge in [0.25, 0.3) is 0 Å². The predicted octanol–water partition coefficient (Wildman–Crippen LogP) is -5.96. The molecule has 0 radical (unpaired) electrons. The van der Waals surface area contributed by atoms with E-state index in [1.165, 1.54) is 25.1 Å². The summed E-state index contributed by atoms with van der Waals surface area (Å²) >= 11 is 0. The van der Waals surface area contributed by atoms with Crippen LogP contribution in [-0.2, 0) is 44.7 Å². The molecule has 8 amide bonds. The van der Waals surface area contributed by atoms with Crippen molar-refractivity contribution in [3.05, 3.63) is 23.8 Å². The number of rotatable bonds is 12. The molecule has 4 rings (SSSR count). The fourth-order valence-corrected chi connectivity index (χ4v) is 8.06. The predicted molar refractivity (Wildman–Crippen MR) is 238 cm³/mol. The quantitative estimate of drug-likeness (QED) is 0.0867. The number of fused-ring (bicyclic) bond motifs is 2. The Labute approximate surface area is 397 Å². The lowest BCUT2D eigenvalue weighted by atomic mass is 9.98. The summed E-state index contributed by atoms with van der Waals surface area (Å²) in [7, 11) is 0. The number of hydrogen-bond acceptors (Lipinski definition) is 18. The Bertz CT molecular complexity index is 2040. The lowest BCUT2D eigenvalue weighted by Crippen LogP contribution is -2.64. The summed E-state index contributed by atoms with van der Waals surface area (Å²) in [6.45, 7) is 6.42. The van der Waals surface area contributed by atoms with Crippen LogP contribution in [0.5, 0.6) is 11.5 Å².